The molecule has 0 amide bonds. The molecule has 0 heterocycles. The highest BCUT2D eigenvalue weighted by Crippen LogP contribution is 2.50. The lowest BCUT2D eigenvalue weighted by Crippen LogP contribution is -2.41. The van der Waals surface area contributed by atoms with E-state index < -0.39 is 0 Å². The van der Waals surface area contributed by atoms with Crippen LogP contribution < -0.4 is 0 Å². The number of hydrogen-bond acceptors (Lipinski definition) is 3. The molecule has 0 radical (unpaired) electrons. The lowest BCUT2D eigenvalue weighted by Gasteiger charge is -2.31. The molecule has 20 heavy (non-hydrogen) atoms. The van der Waals surface area contributed by atoms with Crippen LogP contribution in [0.15, 0.2) is 33.9 Å². The maximum absolute atomic E-state index is 9.44. The highest BCUT2D eigenvalue weighted by Gasteiger charge is 2.52. The van der Waals surface area contributed by atoms with Gasteiger partial charge in [0.2, 0.25) is 0 Å². The number of benzene rings is 1. The number of halogens is 1. The van der Waals surface area contributed by atoms with Gasteiger partial charge in [-0.15, -0.1) is 0 Å². The smallest absolute Gasteiger partial charge is 0.178 e. The standard InChI is InChI=1S/C15H21BrN2O2/c1-14(2,3)20-18(4)13(17-19)15(9-10-15)11-5-7-12(16)8-6-11/h5-8,19H,9-10H2,1-4H3/b17-13-. The molecule has 0 bridgehead atoms. The zero-order valence-corrected chi connectivity index (χ0v) is 13.9. The summed E-state index contributed by atoms with van der Waals surface area (Å²) >= 11 is 3.44. The molecule has 2 rings (SSSR count). The Hall–Kier alpha value is -1.07. The van der Waals surface area contributed by atoms with Crippen molar-refractivity contribution in [3.8, 4) is 0 Å². The van der Waals surface area contributed by atoms with Gasteiger partial charge < -0.3 is 5.21 Å². The van der Waals surface area contributed by atoms with Crippen LogP contribution in [0.25, 0.3) is 0 Å². The number of hydrogen-bond donors (Lipinski definition) is 1. The Bertz CT molecular complexity index is 502. The van der Waals surface area contributed by atoms with Gasteiger partial charge in [-0.3, -0.25) is 4.84 Å². The van der Waals surface area contributed by atoms with Crippen molar-refractivity contribution < 1.29 is 10.0 Å². The minimum Gasteiger partial charge on any atom is -0.409 e. The van der Waals surface area contributed by atoms with Crippen molar-refractivity contribution in [1.82, 2.24) is 5.06 Å². The normalized spacial score (nSPS) is 17.9. The molecule has 1 aromatic carbocycles. The zero-order valence-electron chi connectivity index (χ0n) is 12.4. The van der Waals surface area contributed by atoms with Crippen LogP contribution in [0.2, 0.25) is 0 Å². The van der Waals surface area contributed by atoms with Crippen molar-refractivity contribution >= 4 is 21.8 Å². The summed E-state index contributed by atoms with van der Waals surface area (Å²) in [7, 11) is 1.79. The van der Waals surface area contributed by atoms with E-state index in [0.717, 1.165) is 22.9 Å². The molecular formula is C15H21BrN2O2. The van der Waals surface area contributed by atoms with Crippen molar-refractivity contribution in [1.29, 1.82) is 0 Å². The Balaban J connectivity index is 2.25. The van der Waals surface area contributed by atoms with Crippen LogP contribution in [-0.2, 0) is 10.3 Å². The Morgan fingerprint density at radius 1 is 1.30 bits per heavy atom. The molecule has 0 atom stereocenters. The quantitative estimate of drug-likeness (QED) is 0.392. The number of likely N-dealkylation sites (N-methyl/N-ethyl adjacent to an activating group) is 1. The van der Waals surface area contributed by atoms with Gasteiger partial charge in [0, 0.05) is 11.5 Å². The average Bonchev–Trinajstić information content (AvgIpc) is 3.10. The zero-order chi connectivity index (χ0) is 15.0. The molecule has 0 saturated heterocycles. The second-order valence-electron chi connectivity index (χ2n) is 6.21. The fourth-order valence-corrected chi connectivity index (χ4v) is 2.71. The van der Waals surface area contributed by atoms with Gasteiger partial charge in [-0.1, -0.05) is 33.2 Å². The minimum atomic E-state index is -0.333. The van der Waals surface area contributed by atoms with E-state index >= 15 is 0 Å². The molecule has 110 valence electrons. The maximum atomic E-state index is 9.44. The third-order valence-electron chi connectivity index (χ3n) is 3.38. The molecule has 1 aliphatic rings. The molecule has 4 nitrogen and oxygen atoms in total. The maximum Gasteiger partial charge on any atom is 0.178 e. The summed E-state index contributed by atoms with van der Waals surface area (Å²) in [5, 5.41) is 14.5. The average molecular weight is 341 g/mol. The van der Waals surface area contributed by atoms with E-state index in [1.54, 1.807) is 12.1 Å². The number of nitrogens with zero attached hydrogens (tertiary/aromatic N) is 2. The van der Waals surface area contributed by atoms with Crippen molar-refractivity contribution in [3.63, 3.8) is 0 Å². The van der Waals surface area contributed by atoms with Crippen molar-refractivity contribution in [2.75, 3.05) is 7.05 Å². The van der Waals surface area contributed by atoms with Crippen LogP contribution in [0.3, 0.4) is 0 Å². The first-order valence-corrected chi connectivity index (χ1v) is 7.49. The first kappa shape index (κ1) is 15.3. The van der Waals surface area contributed by atoms with E-state index in [1.165, 1.54) is 0 Å². The second kappa shape index (κ2) is 5.37. The van der Waals surface area contributed by atoms with E-state index in [0.29, 0.717) is 5.84 Å². The number of amidine groups is 1. The highest BCUT2D eigenvalue weighted by atomic mass is 79.9. The SMILES string of the molecule is CN(OC(C)(C)C)/C(=N\O)C1(c2ccc(Br)cc2)CC1. The molecule has 0 aliphatic heterocycles. The molecule has 1 saturated carbocycles. The van der Waals surface area contributed by atoms with Crippen molar-refractivity contribution in [3.05, 3.63) is 34.3 Å². The number of rotatable bonds is 3. The Morgan fingerprint density at radius 2 is 1.85 bits per heavy atom. The van der Waals surface area contributed by atoms with E-state index in [4.69, 9.17) is 4.84 Å². The molecule has 1 N–H and O–H groups in total. The lowest BCUT2D eigenvalue weighted by molar-refractivity contribution is -0.171. The predicted octanol–water partition coefficient (Wildman–Crippen LogP) is 3.93. The van der Waals surface area contributed by atoms with Crippen LogP contribution in [-0.4, -0.2) is 28.8 Å². The molecular weight excluding hydrogens is 320 g/mol. The molecule has 5 heteroatoms. The third-order valence-corrected chi connectivity index (χ3v) is 3.91. The lowest BCUT2D eigenvalue weighted by atomic mass is 9.94. The largest absolute Gasteiger partial charge is 0.409 e. The summed E-state index contributed by atoms with van der Waals surface area (Å²) in [4.78, 5) is 5.80. The third kappa shape index (κ3) is 3.15. The Morgan fingerprint density at radius 3 is 2.25 bits per heavy atom. The van der Waals surface area contributed by atoms with Crippen LogP contribution in [0.5, 0.6) is 0 Å². The van der Waals surface area contributed by atoms with Gasteiger partial charge in [0.25, 0.3) is 0 Å². The van der Waals surface area contributed by atoms with Crippen LogP contribution in [0.1, 0.15) is 39.2 Å². The summed E-state index contributed by atoms with van der Waals surface area (Å²) in [5.41, 5.74) is 0.591. The van der Waals surface area contributed by atoms with Gasteiger partial charge in [0.05, 0.1) is 11.0 Å². The minimum absolute atomic E-state index is 0.227. The van der Waals surface area contributed by atoms with E-state index in [2.05, 4.69) is 33.2 Å². The van der Waals surface area contributed by atoms with Gasteiger partial charge in [0.1, 0.15) is 0 Å². The fourth-order valence-electron chi connectivity index (χ4n) is 2.45. The first-order chi connectivity index (χ1) is 9.28. The van der Waals surface area contributed by atoms with Crippen LogP contribution in [0.4, 0.5) is 0 Å². The Labute approximate surface area is 128 Å². The second-order valence-corrected chi connectivity index (χ2v) is 7.13. The van der Waals surface area contributed by atoms with Gasteiger partial charge in [0.15, 0.2) is 5.84 Å². The van der Waals surface area contributed by atoms with Crippen molar-refractivity contribution in [2.45, 2.75) is 44.6 Å². The summed E-state index contributed by atoms with van der Waals surface area (Å²) in [6, 6.07) is 8.14. The molecule has 1 fully saturated rings. The van der Waals surface area contributed by atoms with Gasteiger partial charge in [-0.2, -0.15) is 0 Å². The molecule has 0 spiro atoms. The summed E-state index contributed by atoms with van der Waals surface area (Å²) in [6.45, 7) is 5.91. The van der Waals surface area contributed by atoms with Crippen LogP contribution in [0, 0.1) is 0 Å². The number of oxime groups is 1. The van der Waals surface area contributed by atoms with Crippen molar-refractivity contribution in [2.24, 2.45) is 5.16 Å². The monoisotopic (exact) mass is 340 g/mol. The molecule has 0 aromatic heterocycles. The first-order valence-electron chi connectivity index (χ1n) is 6.70. The highest BCUT2D eigenvalue weighted by molar-refractivity contribution is 9.10. The summed E-state index contributed by atoms with van der Waals surface area (Å²) < 4.78 is 1.04. The van der Waals surface area contributed by atoms with Gasteiger partial charge in [-0.25, -0.2) is 5.06 Å². The van der Waals surface area contributed by atoms with Crippen LogP contribution >= 0.6 is 15.9 Å². The molecule has 1 aromatic rings. The Kier molecular flexibility index (Phi) is 4.12. The number of hydroxylamine groups is 2. The predicted molar refractivity (Wildman–Crippen MR) is 82.9 cm³/mol. The summed E-state index contributed by atoms with van der Waals surface area (Å²) in [6.07, 6.45) is 1.93. The molecule has 0 unspecified atom stereocenters. The van der Waals surface area contributed by atoms with Gasteiger partial charge >= 0.3 is 0 Å². The molecule has 1 aliphatic carbocycles. The van der Waals surface area contributed by atoms with E-state index in [1.807, 2.05) is 32.9 Å². The summed E-state index contributed by atoms with van der Waals surface area (Å²) in [5.74, 6) is 0.565. The van der Waals surface area contributed by atoms with Gasteiger partial charge in [-0.05, 0) is 51.3 Å². The fraction of sp³-hybridized carbons (Fsp3) is 0.533. The van der Waals surface area contributed by atoms with E-state index in [-0.39, 0.29) is 11.0 Å². The van der Waals surface area contributed by atoms with E-state index in [9.17, 15) is 5.21 Å². The topological polar surface area (TPSA) is 45.1 Å².